The summed E-state index contributed by atoms with van der Waals surface area (Å²) >= 11 is 0. The van der Waals surface area contributed by atoms with Crippen LogP contribution < -0.4 is 20.4 Å². The summed E-state index contributed by atoms with van der Waals surface area (Å²) in [7, 11) is 0. The summed E-state index contributed by atoms with van der Waals surface area (Å²) in [4.78, 5) is 22.5. The molecule has 7 nitrogen and oxygen atoms in total. The summed E-state index contributed by atoms with van der Waals surface area (Å²) in [6.45, 7) is 4.44. The maximum atomic E-state index is 13.9. The number of nitrogens with one attached hydrogen (secondary N) is 2. The molecule has 1 aromatic carbocycles. The molecule has 0 radical (unpaired) electrons. The fourth-order valence-electron chi connectivity index (χ4n) is 5.30. The summed E-state index contributed by atoms with van der Waals surface area (Å²) in [5, 5.41) is 6.10. The number of halogens is 3. The molecule has 1 aliphatic carbocycles. The number of hydrogen-bond donors (Lipinski definition) is 2. The Bertz CT molecular complexity index is 1080. The van der Waals surface area contributed by atoms with Crippen molar-refractivity contribution in [1.82, 2.24) is 10.3 Å². The third-order valence-corrected chi connectivity index (χ3v) is 7.44. The van der Waals surface area contributed by atoms with Gasteiger partial charge in [0.1, 0.15) is 11.9 Å². The number of nitrogens with zero attached hydrogens (tertiary/aromatic N) is 3. The Hall–Kier alpha value is -2.85. The molecule has 1 saturated carbocycles. The number of pyridine rings is 1. The van der Waals surface area contributed by atoms with E-state index in [1.165, 1.54) is 0 Å². The van der Waals surface area contributed by atoms with Gasteiger partial charge in [-0.2, -0.15) is 13.2 Å². The smallest absolute Gasteiger partial charge is 0.378 e. The third kappa shape index (κ3) is 5.29. The van der Waals surface area contributed by atoms with E-state index in [2.05, 4.69) is 26.6 Å². The molecule has 2 N–H and O–H groups in total. The van der Waals surface area contributed by atoms with E-state index in [0.29, 0.717) is 45.4 Å². The van der Waals surface area contributed by atoms with E-state index in [1.807, 2.05) is 29.2 Å². The molecule has 3 aliphatic rings. The molecule has 5 rings (SSSR count). The minimum atomic E-state index is -4.27. The fraction of sp³-hybridized carbons (Fsp3) is 0.538. The number of fused-ring (bicyclic) bond motifs is 2. The third-order valence-electron chi connectivity index (χ3n) is 7.44. The monoisotopic (exact) mass is 503 g/mol. The summed E-state index contributed by atoms with van der Waals surface area (Å²) in [5.41, 5.74) is 3.56. The molecule has 2 aromatic rings. The van der Waals surface area contributed by atoms with Crippen LogP contribution in [-0.2, 0) is 16.1 Å². The number of alkyl halides is 3. The Morgan fingerprint density at radius 1 is 1.17 bits per heavy atom. The van der Waals surface area contributed by atoms with Gasteiger partial charge in [0.15, 0.2) is 0 Å². The van der Waals surface area contributed by atoms with Crippen LogP contribution in [0.15, 0.2) is 36.5 Å². The number of amides is 1. The van der Waals surface area contributed by atoms with E-state index in [9.17, 15) is 18.0 Å². The van der Waals surface area contributed by atoms with Gasteiger partial charge in [-0.1, -0.05) is 6.07 Å². The molecule has 10 heteroatoms. The van der Waals surface area contributed by atoms with Crippen molar-refractivity contribution in [3.05, 3.63) is 42.1 Å². The standard InChI is InChI=1S/C26H32F3N5O2/c1-17(26(27,28)29)31-20-6-4-18(5-7-20)25(35)34-16-19-3-2-10-30-24(19)32-22-9-8-21(15-23(22)34)33-11-13-36-14-12-33/h2-3,8-10,15,17-18,20,31H,4-7,11-14,16H2,1H3,(H,30,32)/t17-,18?,20?/m1/s1. The highest BCUT2D eigenvalue weighted by Gasteiger charge is 2.39. The summed E-state index contributed by atoms with van der Waals surface area (Å²) in [6, 6.07) is 8.12. The SMILES string of the molecule is C[C@@H](NC1CCC(C(=O)N2Cc3cccnc3Nc3ccc(N4CCOCC4)cc32)CC1)C(F)(F)F. The van der Waals surface area contributed by atoms with Crippen molar-refractivity contribution >= 4 is 28.8 Å². The van der Waals surface area contributed by atoms with Gasteiger partial charge in [-0.15, -0.1) is 0 Å². The minimum Gasteiger partial charge on any atom is -0.378 e. The predicted octanol–water partition coefficient (Wildman–Crippen LogP) is 4.61. The summed E-state index contributed by atoms with van der Waals surface area (Å²) in [5.74, 6) is 0.501. The van der Waals surface area contributed by atoms with E-state index < -0.39 is 12.2 Å². The van der Waals surface area contributed by atoms with Crippen LogP contribution in [0.5, 0.6) is 0 Å². The molecule has 1 atom stereocenters. The molecule has 36 heavy (non-hydrogen) atoms. The lowest BCUT2D eigenvalue weighted by atomic mass is 9.84. The fourth-order valence-corrected chi connectivity index (χ4v) is 5.30. The first kappa shape index (κ1) is 24.8. The Morgan fingerprint density at radius 2 is 1.92 bits per heavy atom. The topological polar surface area (TPSA) is 69.7 Å². The van der Waals surface area contributed by atoms with Crippen molar-refractivity contribution in [2.45, 2.75) is 57.4 Å². The van der Waals surface area contributed by atoms with Gasteiger partial charge in [-0.3, -0.25) is 4.79 Å². The van der Waals surface area contributed by atoms with Crippen LogP contribution in [0.2, 0.25) is 0 Å². The molecular weight excluding hydrogens is 471 g/mol. The van der Waals surface area contributed by atoms with Gasteiger partial charge < -0.3 is 25.2 Å². The second kappa shape index (κ2) is 10.3. The highest BCUT2D eigenvalue weighted by Crippen LogP contribution is 2.40. The Balaban J connectivity index is 1.37. The lowest BCUT2D eigenvalue weighted by Gasteiger charge is -2.34. The van der Waals surface area contributed by atoms with Crippen LogP contribution in [0.4, 0.5) is 36.1 Å². The molecule has 2 aliphatic heterocycles. The number of anilines is 4. The van der Waals surface area contributed by atoms with Crippen LogP contribution in [0.3, 0.4) is 0 Å². The predicted molar refractivity (Wildman–Crippen MR) is 133 cm³/mol. The second-order valence-electron chi connectivity index (χ2n) is 9.84. The summed E-state index contributed by atoms with van der Waals surface area (Å²) in [6.07, 6.45) is -0.341. The Kier molecular flexibility index (Phi) is 7.07. The maximum Gasteiger partial charge on any atom is 0.403 e. The number of carbonyl (C=O) groups is 1. The van der Waals surface area contributed by atoms with Crippen molar-refractivity contribution in [2.75, 3.05) is 41.4 Å². The molecule has 194 valence electrons. The van der Waals surface area contributed by atoms with Crippen LogP contribution in [0.25, 0.3) is 0 Å². The van der Waals surface area contributed by atoms with Crippen LogP contribution >= 0.6 is 0 Å². The van der Waals surface area contributed by atoms with Crippen LogP contribution in [-0.4, -0.2) is 55.5 Å². The normalized spacial score (nSPS) is 23.2. The van der Waals surface area contributed by atoms with E-state index >= 15 is 0 Å². The molecule has 1 amide bonds. The Labute approximate surface area is 209 Å². The van der Waals surface area contributed by atoms with Gasteiger partial charge in [-0.25, -0.2) is 4.98 Å². The van der Waals surface area contributed by atoms with Gasteiger partial charge in [0, 0.05) is 42.5 Å². The highest BCUT2D eigenvalue weighted by molar-refractivity contribution is 6.00. The average molecular weight is 504 g/mol. The quantitative estimate of drug-likeness (QED) is 0.635. The molecule has 0 unspecified atom stereocenters. The molecule has 1 aromatic heterocycles. The van der Waals surface area contributed by atoms with E-state index in [-0.39, 0.29) is 17.9 Å². The summed E-state index contributed by atoms with van der Waals surface area (Å²) < 4.78 is 44.4. The zero-order chi connectivity index (χ0) is 25.3. The van der Waals surface area contributed by atoms with Gasteiger partial charge in [0.2, 0.25) is 5.91 Å². The molecule has 0 spiro atoms. The van der Waals surface area contributed by atoms with Crippen LogP contribution in [0, 0.1) is 5.92 Å². The van der Waals surface area contributed by atoms with Crippen molar-refractivity contribution in [2.24, 2.45) is 5.92 Å². The van der Waals surface area contributed by atoms with Crippen LogP contribution in [0.1, 0.15) is 38.2 Å². The number of carbonyl (C=O) groups excluding carboxylic acids is 1. The first-order valence-electron chi connectivity index (χ1n) is 12.6. The van der Waals surface area contributed by atoms with E-state index in [0.717, 1.165) is 48.5 Å². The van der Waals surface area contributed by atoms with Gasteiger partial charge in [0.25, 0.3) is 0 Å². The van der Waals surface area contributed by atoms with Crippen molar-refractivity contribution in [3.8, 4) is 0 Å². The van der Waals surface area contributed by atoms with Gasteiger partial charge >= 0.3 is 6.18 Å². The van der Waals surface area contributed by atoms with E-state index in [1.54, 1.807) is 6.20 Å². The second-order valence-corrected chi connectivity index (χ2v) is 9.84. The molecule has 0 bridgehead atoms. The molecule has 1 saturated heterocycles. The van der Waals surface area contributed by atoms with E-state index in [4.69, 9.17) is 4.74 Å². The first-order valence-corrected chi connectivity index (χ1v) is 12.6. The van der Waals surface area contributed by atoms with Crippen molar-refractivity contribution in [3.63, 3.8) is 0 Å². The van der Waals surface area contributed by atoms with Crippen molar-refractivity contribution in [1.29, 1.82) is 0 Å². The molecule has 3 heterocycles. The first-order chi connectivity index (χ1) is 17.3. The van der Waals surface area contributed by atoms with Gasteiger partial charge in [0.05, 0.1) is 31.1 Å². The zero-order valence-corrected chi connectivity index (χ0v) is 20.4. The highest BCUT2D eigenvalue weighted by atomic mass is 19.4. The van der Waals surface area contributed by atoms with Gasteiger partial charge in [-0.05, 0) is 56.9 Å². The Morgan fingerprint density at radius 3 is 2.64 bits per heavy atom. The number of aromatic nitrogens is 1. The lowest BCUT2D eigenvalue weighted by Crippen LogP contribution is -2.47. The van der Waals surface area contributed by atoms with Crippen molar-refractivity contribution < 1.29 is 22.7 Å². The number of hydrogen-bond acceptors (Lipinski definition) is 6. The minimum absolute atomic E-state index is 0.0104. The number of morpholine rings is 1. The number of ether oxygens (including phenoxy) is 1. The zero-order valence-electron chi connectivity index (χ0n) is 20.4. The average Bonchev–Trinajstić information content (AvgIpc) is 3.05. The lowest BCUT2D eigenvalue weighted by molar-refractivity contribution is -0.154. The number of benzene rings is 1. The number of rotatable bonds is 4. The molecular formula is C26H32F3N5O2. The maximum absolute atomic E-state index is 13.9. The largest absolute Gasteiger partial charge is 0.403 e. The molecule has 2 fully saturated rings.